The van der Waals surface area contributed by atoms with Crippen LogP contribution in [0.3, 0.4) is 0 Å². The molecule has 0 spiro atoms. The molecule has 0 saturated carbocycles. The third-order valence-corrected chi connectivity index (χ3v) is 3.15. The van der Waals surface area contributed by atoms with Crippen molar-refractivity contribution in [1.82, 2.24) is 10.3 Å². The summed E-state index contributed by atoms with van der Waals surface area (Å²) in [5, 5.41) is 5.35. The van der Waals surface area contributed by atoms with Crippen LogP contribution in [-0.4, -0.2) is 16.9 Å². The predicted molar refractivity (Wildman–Crippen MR) is 89.5 cm³/mol. The number of nitrogens with two attached hydrogens (primary N) is 1. The Bertz CT molecular complexity index is 696. The molecule has 118 valence electrons. The van der Waals surface area contributed by atoms with E-state index in [0.29, 0.717) is 5.69 Å². The van der Waals surface area contributed by atoms with Gasteiger partial charge in [0, 0.05) is 24.2 Å². The van der Waals surface area contributed by atoms with Crippen molar-refractivity contribution in [3.8, 4) is 0 Å². The fraction of sp³-hybridized carbons (Fsp3) is 0.118. The minimum Gasteiger partial charge on any atom is -0.351 e. The monoisotopic (exact) mass is 310 g/mol. The fourth-order valence-electron chi connectivity index (χ4n) is 1.99. The van der Waals surface area contributed by atoms with Gasteiger partial charge < -0.3 is 16.4 Å². The Hall–Kier alpha value is -3.15. The number of rotatable bonds is 5. The summed E-state index contributed by atoms with van der Waals surface area (Å²) in [7, 11) is 0. The van der Waals surface area contributed by atoms with Crippen LogP contribution in [0.15, 0.2) is 54.9 Å². The van der Waals surface area contributed by atoms with Gasteiger partial charge in [-0.3, -0.25) is 9.78 Å². The van der Waals surface area contributed by atoms with Gasteiger partial charge in [0.1, 0.15) is 0 Å². The Balaban J connectivity index is 1.93. The molecule has 0 bridgehead atoms. The van der Waals surface area contributed by atoms with Crippen LogP contribution >= 0.6 is 0 Å². The van der Waals surface area contributed by atoms with E-state index in [1.165, 1.54) is 6.08 Å². The molecule has 3 amide bonds. The number of nitrogens with one attached hydrogen (secondary N) is 2. The summed E-state index contributed by atoms with van der Waals surface area (Å²) in [5.74, 6) is -0.194. The van der Waals surface area contributed by atoms with Crippen LogP contribution in [0.5, 0.6) is 0 Å². The topological polar surface area (TPSA) is 97.1 Å². The molecule has 23 heavy (non-hydrogen) atoms. The molecule has 1 aromatic heterocycles. The largest absolute Gasteiger partial charge is 0.351 e. The molecule has 0 radical (unpaired) electrons. The van der Waals surface area contributed by atoms with Crippen molar-refractivity contribution < 1.29 is 9.59 Å². The predicted octanol–water partition coefficient (Wildman–Crippen LogP) is 2.46. The van der Waals surface area contributed by atoms with Crippen molar-refractivity contribution in [2.45, 2.75) is 13.0 Å². The molecular weight excluding hydrogens is 292 g/mol. The van der Waals surface area contributed by atoms with E-state index in [2.05, 4.69) is 15.6 Å². The molecular formula is C17H18N4O2. The average molecular weight is 310 g/mol. The molecule has 0 saturated heterocycles. The molecule has 0 aliphatic carbocycles. The standard InChI is InChI=1S/C17H18N4O2/c1-12(14-5-7-15(8-6-14)21-17(18)23)20-16(22)9-4-13-3-2-10-19-11-13/h2-12H,1H3,(H,20,22)(H3,18,21,23)/b9-4+. The fourth-order valence-corrected chi connectivity index (χ4v) is 1.99. The van der Waals surface area contributed by atoms with Gasteiger partial charge >= 0.3 is 6.03 Å². The molecule has 6 nitrogen and oxygen atoms in total. The maximum absolute atomic E-state index is 11.9. The Morgan fingerprint density at radius 2 is 1.96 bits per heavy atom. The van der Waals surface area contributed by atoms with E-state index in [4.69, 9.17) is 5.73 Å². The van der Waals surface area contributed by atoms with Gasteiger partial charge in [0.05, 0.1) is 6.04 Å². The maximum atomic E-state index is 11.9. The van der Waals surface area contributed by atoms with Gasteiger partial charge in [-0.05, 0) is 42.3 Å². The smallest absolute Gasteiger partial charge is 0.316 e. The SMILES string of the molecule is CC(NC(=O)/C=C/c1cccnc1)c1ccc(NC(N)=O)cc1. The first-order chi connectivity index (χ1) is 11.0. The van der Waals surface area contributed by atoms with E-state index in [1.807, 2.05) is 31.2 Å². The van der Waals surface area contributed by atoms with Crippen LogP contribution in [0.4, 0.5) is 10.5 Å². The summed E-state index contributed by atoms with van der Waals surface area (Å²) in [5.41, 5.74) is 7.44. The number of carbonyl (C=O) groups excluding carboxylic acids is 2. The zero-order valence-electron chi connectivity index (χ0n) is 12.7. The molecule has 0 aliphatic rings. The lowest BCUT2D eigenvalue weighted by Gasteiger charge is -2.13. The molecule has 0 aliphatic heterocycles. The van der Waals surface area contributed by atoms with Gasteiger partial charge in [0.15, 0.2) is 0 Å². The number of amides is 3. The normalized spacial score (nSPS) is 11.9. The third kappa shape index (κ3) is 5.28. The van der Waals surface area contributed by atoms with E-state index in [0.717, 1.165) is 11.1 Å². The molecule has 2 rings (SSSR count). The van der Waals surface area contributed by atoms with Crippen molar-refractivity contribution in [2.24, 2.45) is 5.73 Å². The molecule has 1 heterocycles. The second-order valence-corrected chi connectivity index (χ2v) is 4.96. The van der Waals surface area contributed by atoms with E-state index in [9.17, 15) is 9.59 Å². The number of hydrogen-bond donors (Lipinski definition) is 3. The van der Waals surface area contributed by atoms with Crippen LogP contribution in [-0.2, 0) is 4.79 Å². The highest BCUT2D eigenvalue weighted by atomic mass is 16.2. The average Bonchev–Trinajstić information content (AvgIpc) is 2.54. The van der Waals surface area contributed by atoms with Crippen molar-refractivity contribution in [1.29, 1.82) is 0 Å². The highest BCUT2D eigenvalue weighted by Crippen LogP contribution is 2.16. The summed E-state index contributed by atoms with van der Waals surface area (Å²) >= 11 is 0. The summed E-state index contributed by atoms with van der Waals surface area (Å²) in [6.45, 7) is 1.88. The van der Waals surface area contributed by atoms with Gasteiger partial charge in [-0.15, -0.1) is 0 Å². The molecule has 1 aromatic carbocycles. The lowest BCUT2D eigenvalue weighted by atomic mass is 10.1. The van der Waals surface area contributed by atoms with Gasteiger partial charge in [0.2, 0.25) is 5.91 Å². The highest BCUT2D eigenvalue weighted by molar-refractivity contribution is 5.92. The Morgan fingerprint density at radius 3 is 2.57 bits per heavy atom. The Labute approximate surface area is 134 Å². The maximum Gasteiger partial charge on any atom is 0.316 e. The van der Waals surface area contributed by atoms with E-state index in [1.54, 1.807) is 30.6 Å². The number of carbonyl (C=O) groups is 2. The van der Waals surface area contributed by atoms with Crippen molar-refractivity contribution in [2.75, 3.05) is 5.32 Å². The Kier molecular flexibility index (Phi) is 5.46. The number of anilines is 1. The molecule has 0 fully saturated rings. The van der Waals surface area contributed by atoms with Crippen LogP contribution in [0.25, 0.3) is 6.08 Å². The van der Waals surface area contributed by atoms with Crippen LogP contribution in [0.1, 0.15) is 24.1 Å². The number of primary amides is 1. The van der Waals surface area contributed by atoms with E-state index >= 15 is 0 Å². The highest BCUT2D eigenvalue weighted by Gasteiger charge is 2.07. The summed E-state index contributed by atoms with van der Waals surface area (Å²) < 4.78 is 0. The number of urea groups is 1. The lowest BCUT2D eigenvalue weighted by Crippen LogP contribution is -2.24. The van der Waals surface area contributed by atoms with Gasteiger partial charge in [-0.2, -0.15) is 0 Å². The quantitative estimate of drug-likeness (QED) is 0.740. The second-order valence-electron chi connectivity index (χ2n) is 4.96. The van der Waals surface area contributed by atoms with Gasteiger partial charge in [0.25, 0.3) is 0 Å². The first-order valence-electron chi connectivity index (χ1n) is 7.09. The minimum absolute atomic E-state index is 0.163. The number of benzene rings is 1. The first-order valence-corrected chi connectivity index (χ1v) is 7.09. The number of hydrogen-bond acceptors (Lipinski definition) is 3. The summed E-state index contributed by atoms with van der Waals surface area (Å²) in [6, 6.07) is 10.0. The molecule has 1 unspecified atom stereocenters. The zero-order chi connectivity index (χ0) is 16.7. The number of pyridine rings is 1. The van der Waals surface area contributed by atoms with E-state index < -0.39 is 6.03 Å². The van der Waals surface area contributed by atoms with Crippen molar-refractivity contribution in [3.05, 3.63) is 66.0 Å². The molecule has 6 heteroatoms. The first kappa shape index (κ1) is 16.2. The minimum atomic E-state index is -0.611. The molecule has 1 atom stereocenters. The van der Waals surface area contributed by atoms with Crippen LogP contribution < -0.4 is 16.4 Å². The van der Waals surface area contributed by atoms with Crippen LogP contribution in [0, 0.1) is 0 Å². The van der Waals surface area contributed by atoms with Gasteiger partial charge in [-0.25, -0.2) is 4.79 Å². The summed E-state index contributed by atoms with van der Waals surface area (Å²) in [6.07, 6.45) is 6.53. The second kappa shape index (κ2) is 7.74. The zero-order valence-corrected chi connectivity index (χ0v) is 12.7. The molecule has 4 N–H and O–H groups in total. The summed E-state index contributed by atoms with van der Waals surface area (Å²) in [4.78, 5) is 26.7. The number of nitrogens with zero attached hydrogens (tertiary/aromatic N) is 1. The lowest BCUT2D eigenvalue weighted by molar-refractivity contribution is -0.117. The van der Waals surface area contributed by atoms with Crippen molar-refractivity contribution in [3.63, 3.8) is 0 Å². The van der Waals surface area contributed by atoms with Crippen molar-refractivity contribution >= 4 is 23.7 Å². The molecule has 2 aromatic rings. The van der Waals surface area contributed by atoms with Gasteiger partial charge in [-0.1, -0.05) is 18.2 Å². The third-order valence-electron chi connectivity index (χ3n) is 3.15. The van der Waals surface area contributed by atoms with E-state index in [-0.39, 0.29) is 11.9 Å². The van der Waals surface area contributed by atoms with Crippen LogP contribution in [0.2, 0.25) is 0 Å². The Morgan fingerprint density at radius 1 is 1.22 bits per heavy atom. The number of aromatic nitrogens is 1.